The summed E-state index contributed by atoms with van der Waals surface area (Å²) in [5.41, 5.74) is 29.0. The van der Waals surface area contributed by atoms with E-state index in [1.807, 2.05) is 0 Å². The fourth-order valence-electron chi connectivity index (χ4n) is 8.80. The second-order valence-electron chi connectivity index (χ2n) is 22.8. The first kappa shape index (κ1) is 81.9. The Balaban J connectivity index is 6.80. The minimum atomic E-state index is -1.72. The van der Waals surface area contributed by atoms with Gasteiger partial charge in [-0.15, -0.1) is 0 Å². The fourth-order valence-corrected chi connectivity index (χ4v) is 8.80. The van der Waals surface area contributed by atoms with Crippen LogP contribution in [-0.2, 0) is 57.5 Å². The maximum atomic E-state index is 14.3. The zero-order chi connectivity index (χ0) is 67.9. The minimum absolute atomic E-state index is 0.00780. The Morgan fingerprint density at radius 1 is 0.438 bits per heavy atom. The van der Waals surface area contributed by atoms with Gasteiger partial charge in [-0.1, -0.05) is 73.5 Å². The molecule has 0 rings (SSSR count). The van der Waals surface area contributed by atoms with Crippen molar-refractivity contribution in [2.45, 2.75) is 211 Å². The first-order chi connectivity index (χ1) is 41.9. The molecule has 32 heteroatoms. The third-order valence-electron chi connectivity index (χ3n) is 14.0. The second-order valence-corrected chi connectivity index (χ2v) is 22.8. The summed E-state index contributed by atoms with van der Waals surface area (Å²) in [6, 6.07) is -14.7. The van der Waals surface area contributed by atoms with E-state index in [0.29, 0.717) is 12.3 Å². The lowest BCUT2D eigenvalue weighted by atomic mass is 9.99. The molecule has 0 aliphatic carbocycles. The van der Waals surface area contributed by atoms with Crippen molar-refractivity contribution in [2.24, 2.45) is 46.4 Å². The number of carbonyl (C=O) groups is 12. The van der Waals surface area contributed by atoms with Crippen LogP contribution >= 0.6 is 0 Å². The lowest BCUT2D eigenvalue weighted by Crippen LogP contribution is -2.62. The van der Waals surface area contributed by atoms with Gasteiger partial charge in [0.25, 0.3) is 0 Å². The van der Waals surface area contributed by atoms with E-state index in [9.17, 15) is 72.9 Å². The van der Waals surface area contributed by atoms with E-state index in [1.54, 1.807) is 27.7 Å². The highest BCUT2D eigenvalue weighted by atomic mass is 16.5. The second kappa shape index (κ2) is 45.2. The summed E-state index contributed by atoms with van der Waals surface area (Å²) in [6.45, 7) is 15.8. The molecule has 0 fully saturated rings. The van der Waals surface area contributed by atoms with Gasteiger partial charge >= 0.3 is 12.1 Å². The maximum Gasteiger partial charge on any atom is 0.407 e. The summed E-state index contributed by atoms with van der Waals surface area (Å²) in [5.74, 6) is -10.4. The lowest BCUT2D eigenvalue weighted by molar-refractivity contribution is -0.145. The Morgan fingerprint density at radius 3 is 1.10 bits per heavy atom. The zero-order valence-electron chi connectivity index (χ0n) is 53.1. The van der Waals surface area contributed by atoms with Crippen molar-refractivity contribution in [3.05, 3.63) is 12.7 Å². The van der Waals surface area contributed by atoms with E-state index < -0.39 is 144 Å². The molecule has 510 valence electrons. The highest BCUT2D eigenvalue weighted by Gasteiger charge is 2.37. The van der Waals surface area contributed by atoms with Crippen LogP contribution in [-0.4, -0.2) is 205 Å². The van der Waals surface area contributed by atoms with Crippen LogP contribution in [0.25, 0.3) is 0 Å². The van der Waals surface area contributed by atoms with Gasteiger partial charge in [0.2, 0.25) is 59.1 Å². The summed E-state index contributed by atoms with van der Waals surface area (Å²) in [7, 11) is 0. The van der Waals surface area contributed by atoms with Gasteiger partial charge in [0.05, 0.1) is 12.2 Å². The smallest absolute Gasteiger partial charge is 0.407 e. The summed E-state index contributed by atoms with van der Waals surface area (Å²) >= 11 is 0. The first-order valence-electron chi connectivity index (χ1n) is 30.6. The number of carboxylic acid groups (broad SMARTS) is 1. The zero-order valence-corrected chi connectivity index (χ0v) is 53.1. The largest absolute Gasteiger partial charge is 0.480 e. The minimum Gasteiger partial charge on any atom is -0.480 e. The van der Waals surface area contributed by atoms with Crippen molar-refractivity contribution in [1.82, 2.24) is 58.5 Å². The quantitative estimate of drug-likeness (QED) is 0.0201. The average Bonchev–Trinajstić information content (AvgIpc) is 3.65. The van der Waals surface area contributed by atoms with Crippen LogP contribution in [0.1, 0.15) is 139 Å². The molecule has 11 amide bonds. The van der Waals surface area contributed by atoms with Gasteiger partial charge in [0, 0.05) is 13.0 Å². The molecule has 0 saturated heterocycles. The molecule has 0 bridgehead atoms. The van der Waals surface area contributed by atoms with Crippen molar-refractivity contribution in [2.75, 3.05) is 45.9 Å². The predicted octanol–water partition coefficient (Wildman–Crippen LogP) is -4.57. The molecule has 0 aromatic rings. The molecule has 0 radical (unpaired) electrons. The van der Waals surface area contributed by atoms with E-state index in [1.165, 1.54) is 13.0 Å². The fraction of sp³-hybridized carbons (Fsp3) is 0.754. The highest BCUT2D eigenvalue weighted by molar-refractivity contribution is 5.99. The number of carbonyl (C=O) groups excluding carboxylic acids is 11. The molecule has 0 unspecified atom stereocenters. The Bertz CT molecular complexity index is 2260. The number of nitrogens with two attached hydrogens (primary N) is 5. The van der Waals surface area contributed by atoms with Gasteiger partial charge in [-0.3, -0.25) is 47.9 Å². The number of amides is 11. The van der Waals surface area contributed by atoms with Crippen molar-refractivity contribution in [1.29, 1.82) is 0 Å². The van der Waals surface area contributed by atoms with E-state index >= 15 is 0 Å². The number of unbranched alkanes of at least 4 members (excludes halogenated alkanes) is 1. The molecule has 0 aromatic carbocycles. The monoisotopic (exact) mass is 1270 g/mol. The first-order valence-corrected chi connectivity index (χ1v) is 30.6. The molecule has 0 aromatic heterocycles. The van der Waals surface area contributed by atoms with Crippen LogP contribution in [0.5, 0.6) is 0 Å². The van der Waals surface area contributed by atoms with Gasteiger partial charge in [0.1, 0.15) is 61.0 Å². The molecule has 32 nitrogen and oxygen atoms in total. The number of hydrogen-bond donors (Lipinski definition) is 19. The summed E-state index contributed by atoms with van der Waals surface area (Å²) < 4.78 is 4.95. The van der Waals surface area contributed by atoms with E-state index in [2.05, 4.69) is 78.9 Å². The Kier molecular flexibility index (Phi) is 41.6. The molecular formula is C57H106N16O16. The van der Waals surface area contributed by atoms with Crippen LogP contribution < -0.4 is 87.2 Å². The standard InChI is InChI=1S/C57H106N16O16/c1-10-28-89-57(88)63-27-21-41(68-48(78)39(19-25-61)69-55(85)45(34(8)74)72-51(81)36(16-22-58)64-44(76)15-13-12-14-33(7)11-2)50(80)65-38(18-24-60)49(79)70-43(30-32(5)6)54(84)71-42(29-31(3)4)53(83)67-37(17-23-59)47(77)66-40(20-26-62)52(82)73-46(35(9)75)56(86)87/h10,31-43,45-46,74-75H,1,11-30,58-62H2,2-9H3,(H,63,88)(H,64,76)(H,65,80)(H,66,77)(H,67,83)(H,68,78)(H,69,85)(H,70,79)(H,71,84)(H,72,81)(H,73,82)(H,86,87)/t33-,34-,35+,36-,37-,38-,39-,40-,41-,42-,43+,45-,46-/m0/s1. The number of rotatable bonds is 47. The number of aliphatic carboxylic acids is 1. The third kappa shape index (κ3) is 33.3. The van der Waals surface area contributed by atoms with Gasteiger partial charge < -0.3 is 107 Å². The number of ether oxygens (including phenoxy) is 1. The number of aliphatic hydroxyl groups is 2. The molecule has 0 aliphatic rings. The van der Waals surface area contributed by atoms with Crippen LogP contribution in [0.4, 0.5) is 4.79 Å². The van der Waals surface area contributed by atoms with Gasteiger partial charge in [-0.25, -0.2) is 9.59 Å². The number of aliphatic hydroxyl groups excluding tert-OH is 2. The SMILES string of the molecule is C=CCOC(=O)NCC[C@H](NC(=O)[C@H](CCN)NC(=O)[C@@H](NC(=O)[C@H](CCN)NC(=O)CCCC[C@@H](C)CC)[C@H](C)O)C(=O)N[C@@H](CCN)C(=O)N[C@H](CC(C)C)C(=O)N[C@@H](CC(C)C)C(=O)N[C@@H](CCN)C(=O)N[C@@H](CCN)C(=O)N[C@H](C(=O)O)[C@@H](C)O. The average molecular weight is 1270 g/mol. The van der Waals surface area contributed by atoms with Gasteiger partial charge in [-0.05, 0) is 122 Å². The third-order valence-corrected chi connectivity index (χ3v) is 14.0. The molecule has 13 atom stereocenters. The van der Waals surface area contributed by atoms with Crippen LogP contribution in [0.15, 0.2) is 12.7 Å². The highest BCUT2D eigenvalue weighted by Crippen LogP contribution is 2.14. The van der Waals surface area contributed by atoms with Gasteiger partial charge in [0.15, 0.2) is 6.04 Å². The van der Waals surface area contributed by atoms with E-state index in [4.69, 9.17) is 33.4 Å². The molecule has 0 saturated carbocycles. The van der Waals surface area contributed by atoms with Crippen LogP contribution in [0.3, 0.4) is 0 Å². The van der Waals surface area contributed by atoms with Crippen molar-refractivity contribution < 1.29 is 77.6 Å². The summed E-state index contributed by atoms with van der Waals surface area (Å²) in [6.07, 6.45) is -0.396. The molecule has 24 N–H and O–H groups in total. The number of alkyl carbamates (subject to hydrolysis) is 1. The lowest BCUT2D eigenvalue weighted by Gasteiger charge is -2.29. The Morgan fingerprint density at radius 2 is 0.764 bits per heavy atom. The molecule has 89 heavy (non-hydrogen) atoms. The van der Waals surface area contributed by atoms with E-state index in [-0.39, 0.29) is 115 Å². The van der Waals surface area contributed by atoms with Gasteiger partial charge in [-0.2, -0.15) is 0 Å². The normalized spacial score (nSPS) is 15.6. The van der Waals surface area contributed by atoms with Crippen LogP contribution in [0, 0.1) is 17.8 Å². The van der Waals surface area contributed by atoms with Crippen LogP contribution in [0.2, 0.25) is 0 Å². The Hall–Kier alpha value is -7.10. The number of nitrogens with one attached hydrogen (secondary N) is 11. The van der Waals surface area contributed by atoms with E-state index in [0.717, 1.165) is 26.2 Å². The topological polar surface area (TPSA) is 537 Å². The number of hydrogen-bond acceptors (Lipinski definition) is 20. The predicted molar refractivity (Wildman–Crippen MR) is 330 cm³/mol. The summed E-state index contributed by atoms with van der Waals surface area (Å²) in [5, 5.41) is 57.5. The summed E-state index contributed by atoms with van der Waals surface area (Å²) in [4.78, 5) is 162. The maximum absolute atomic E-state index is 14.3. The molecular weight excluding hydrogens is 1160 g/mol. The Labute approximate surface area is 522 Å². The van der Waals surface area contributed by atoms with Crippen molar-refractivity contribution in [3.8, 4) is 0 Å². The van der Waals surface area contributed by atoms with Crippen molar-refractivity contribution in [3.63, 3.8) is 0 Å². The molecule has 0 heterocycles. The van der Waals surface area contributed by atoms with Crippen molar-refractivity contribution >= 4 is 71.1 Å². The number of carboxylic acids is 1. The molecule has 0 spiro atoms. The molecule has 0 aliphatic heterocycles.